The largest absolute Gasteiger partial charge is 0.465 e. The van der Waals surface area contributed by atoms with Crippen LogP contribution in [-0.4, -0.2) is 89.9 Å². The van der Waals surface area contributed by atoms with Crippen LogP contribution in [0, 0.1) is 6.92 Å². The molecule has 4 heterocycles. The normalized spacial score (nSPS) is 20.2. The van der Waals surface area contributed by atoms with Gasteiger partial charge in [0.05, 0.1) is 12.2 Å². The van der Waals surface area contributed by atoms with Crippen molar-refractivity contribution < 1.29 is 14.6 Å². The predicted molar refractivity (Wildman–Crippen MR) is 148 cm³/mol. The zero-order valence-electron chi connectivity index (χ0n) is 22.3. The Kier molecular flexibility index (Phi) is 6.69. The van der Waals surface area contributed by atoms with E-state index in [1.807, 2.05) is 0 Å². The topological polar surface area (TPSA) is 85.3 Å². The van der Waals surface area contributed by atoms with Crippen molar-refractivity contribution >= 4 is 28.4 Å². The van der Waals surface area contributed by atoms with Crippen LogP contribution in [0.2, 0.25) is 0 Å². The van der Waals surface area contributed by atoms with Crippen LogP contribution >= 0.6 is 0 Å². The van der Waals surface area contributed by atoms with Gasteiger partial charge >= 0.3 is 12.1 Å². The smallest absolute Gasteiger partial charge is 0.407 e. The molecule has 1 atom stereocenters. The summed E-state index contributed by atoms with van der Waals surface area (Å²) in [6.45, 7) is 7.58. The number of fused-ring (bicyclic) bond motifs is 2. The number of nitrogens with zero attached hydrogens (tertiary/aromatic N) is 6. The molecule has 1 unspecified atom stereocenters. The van der Waals surface area contributed by atoms with Crippen LogP contribution in [0.5, 0.6) is 6.01 Å². The minimum Gasteiger partial charge on any atom is -0.465 e. The van der Waals surface area contributed by atoms with E-state index in [1.165, 1.54) is 33.3 Å². The summed E-state index contributed by atoms with van der Waals surface area (Å²) in [7, 11) is 2.14. The number of aromatic nitrogens is 2. The zero-order valence-corrected chi connectivity index (χ0v) is 22.3. The first kappa shape index (κ1) is 24.7. The summed E-state index contributed by atoms with van der Waals surface area (Å²) in [5.41, 5.74) is 4.67. The average Bonchev–Trinajstić information content (AvgIpc) is 3.35. The number of aryl methyl sites for hydroxylation is 1. The number of hydrogen-bond donors (Lipinski definition) is 1. The lowest BCUT2D eigenvalue weighted by Gasteiger charge is -2.37. The number of likely N-dealkylation sites (tertiary alicyclic amines) is 1. The van der Waals surface area contributed by atoms with E-state index >= 15 is 0 Å². The van der Waals surface area contributed by atoms with E-state index in [0.29, 0.717) is 51.4 Å². The second-order valence-corrected chi connectivity index (χ2v) is 10.7. The summed E-state index contributed by atoms with van der Waals surface area (Å²) < 4.78 is 6.23. The molecule has 0 spiro atoms. The Labute approximate surface area is 223 Å². The number of likely N-dealkylation sites (N-methyl/N-ethyl adjacent to an activating group) is 1. The van der Waals surface area contributed by atoms with Crippen molar-refractivity contribution in [2.45, 2.75) is 38.8 Å². The van der Waals surface area contributed by atoms with Crippen LogP contribution in [0.1, 0.15) is 29.7 Å². The van der Waals surface area contributed by atoms with Crippen molar-refractivity contribution in [3.8, 4) is 6.01 Å². The van der Waals surface area contributed by atoms with E-state index in [4.69, 9.17) is 14.7 Å². The first-order valence-corrected chi connectivity index (χ1v) is 13.7. The lowest BCUT2D eigenvalue weighted by molar-refractivity contribution is 0.142. The predicted octanol–water partition coefficient (Wildman–Crippen LogP) is 3.77. The SMILES string of the molecule is Cc1cccc2cccc(N3CCc4c(nc(OCC5CCCN5C)nc4N4CCN(C(=O)O)CC4)C3)c12. The number of anilines is 2. The van der Waals surface area contributed by atoms with Crippen molar-refractivity contribution in [1.29, 1.82) is 0 Å². The van der Waals surface area contributed by atoms with Gasteiger partial charge < -0.3 is 29.4 Å². The first-order valence-electron chi connectivity index (χ1n) is 13.7. The Morgan fingerprint density at radius 1 is 1.03 bits per heavy atom. The molecule has 1 N–H and O–H groups in total. The number of ether oxygens (including phenoxy) is 1. The van der Waals surface area contributed by atoms with Gasteiger partial charge in [0.15, 0.2) is 0 Å². The molecule has 2 saturated heterocycles. The third-order valence-corrected chi connectivity index (χ3v) is 8.38. The molecule has 200 valence electrons. The number of benzene rings is 2. The van der Waals surface area contributed by atoms with E-state index in [0.717, 1.165) is 43.0 Å². The monoisotopic (exact) mass is 516 g/mol. The summed E-state index contributed by atoms with van der Waals surface area (Å²) in [4.78, 5) is 29.8. The molecule has 9 heteroatoms. The molecule has 1 aromatic heterocycles. The molecule has 0 radical (unpaired) electrons. The molecule has 9 nitrogen and oxygen atoms in total. The lowest BCUT2D eigenvalue weighted by atomic mass is 9.99. The van der Waals surface area contributed by atoms with Crippen molar-refractivity contribution in [1.82, 2.24) is 19.8 Å². The molecule has 1 amide bonds. The average molecular weight is 517 g/mol. The molecular weight excluding hydrogens is 480 g/mol. The fourth-order valence-electron chi connectivity index (χ4n) is 6.16. The summed E-state index contributed by atoms with van der Waals surface area (Å²) in [6, 6.07) is 13.8. The number of carboxylic acid groups (broad SMARTS) is 1. The molecule has 0 bridgehead atoms. The fourth-order valence-corrected chi connectivity index (χ4v) is 6.16. The van der Waals surface area contributed by atoms with E-state index in [1.54, 1.807) is 0 Å². The van der Waals surface area contributed by atoms with Gasteiger partial charge in [-0.25, -0.2) is 4.79 Å². The van der Waals surface area contributed by atoms with Crippen LogP contribution in [0.4, 0.5) is 16.3 Å². The van der Waals surface area contributed by atoms with Crippen LogP contribution in [0.15, 0.2) is 36.4 Å². The highest BCUT2D eigenvalue weighted by Gasteiger charge is 2.30. The highest BCUT2D eigenvalue weighted by Crippen LogP contribution is 2.35. The third kappa shape index (κ3) is 4.71. The van der Waals surface area contributed by atoms with Gasteiger partial charge in [0, 0.05) is 55.4 Å². The lowest BCUT2D eigenvalue weighted by Crippen LogP contribution is -2.49. The summed E-state index contributed by atoms with van der Waals surface area (Å²) in [6.07, 6.45) is 2.28. The van der Waals surface area contributed by atoms with Gasteiger partial charge in [-0.05, 0) is 56.8 Å². The Hall–Kier alpha value is -3.59. The molecule has 0 saturated carbocycles. The van der Waals surface area contributed by atoms with E-state index < -0.39 is 6.09 Å². The van der Waals surface area contributed by atoms with E-state index in [-0.39, 0.29) is 0 Å². The van der Waals surface area contributed by atoms with E-state index in [2.05, 4.69) is 65.1 Å². The second-order valence-electron chi connectivity index (χ2n) is 10.7. The Morgan fingerprint density at radius 3 is 2.55 bits per heavy atom. The quantitative estimate of drug-likeness (QED) is 0.549. The summed E-state index contributed by atoms with van der Waals surface area (Å²) in [5, 5.41) is 11.9. The highest BCUT2D eigenvalue weighted by molar-refractivity contribution is 5.97. The van der Waals surface area contributed by atoms with Gasteiger partial charge in [0.2, 0.25) is 0 Å². The maximum absolute atomic E-state index is 11.5. The van der Waals surface area contributed by atoms with E-state index in [9.17, 15) is 9.90 Å². The van der Waals surface area contributed by atoms with Crippen molar-refractivity contribution in [3.63, 3.8) is 0 Å². The van der Waals surface area contributed by atoms with Crippen molar-refractivity contribution in [2.75, 3.05) is 62.7 Å². The molecule has 3 aliphatic heterocycles. The second kappa shape index (κ2) is 10.3. The molecule has 2 fully saturated rings. The Morgan fingerprint density at radius 2 is 1.82 bits per heavy atom. The van der Waals surface area contributed by atoms with Crippen LogP contribution in [0.25, 0.3) is 10.8 Å². The van der Waals surface area contributed by atoms with Crippen LogP contribution in [0.3, 0.4) is 0 Å². The maximum atomic E-state index is 11.5. The Balaban J connectivity index is 1.32. The molecule has 2 aromatic carbocycles. The zero-order chi connectivity index (χ0) is 26.2. The number of hydrogen-bond acceptors (Lipinski definition) is 7. The molecular formula is C29H36N6O3. The molecule has 0 aliphatic carbocycles. The van der Waals surface area contributed by atoms with Gasteiger partial charge in [-0.3, -0.25) is 0 Å². The van der Waals surface area contributed by atoms with Gasteiger partial charge in [0.1, 0.15) is 12.4 Å². The molecule has 3 aliphatic rings. The standard InChI is InChI=1S/C29H36N6O3/c1-20-6-3-7-21-8-4-10-25(26(20)21)35-13-11-23-24(18-35)30-28(38-19-22-9-5-12-32(22)2)31-27(23)33-14-16-34(17-15-33)29(36)37/h3-4,6-8,10,22H,5,9,11-19H2,1-2H3,(H,36,37). The molecule has 3 aromatic rings. The first-order chi connectivity index (χ1) is 18.5. The van der Waals surface area contributed by atoms with Crippen LogP contribution < -0.4 is 14.5 Å². The number of piperazine rings is 1. The minimum absolute atomic E-state index is 0.382. The van der Waals surface area contributed by atoms with Gasteiger partial charge in [-0.2, -0.15) is 9.97 Å². The number of amides is 1. The fraction of sp³-hybridized carbons (Fsp3) is 0.483. The summed E-state index contributed by atoms with van der Waals surface area (Å²) in [5.74, 6) is 0.906. The summed E-state index contributed by atoms with van der Waals surface area (Å²) >= 11 is 0. The number of rotatable bonds is 5. The molecule has 6 rings (SSSR count). The van der Waals surface area contributed by atoms with Crippen molar-refractivity contribution in [3.05, 3.63) is 53.2 Å². The number of carbonyl (C=O) groups is 1. The van der Waals surface area contributed by atoms with Gasteiger partial charge in [-0.1, -0.05) is 30.3 Å². The maximum Gasteiger partial charge on any atom is 0.407 e. The minimum atomic E-state index is -0.861. The van der Waals surface area contributed by atoms with Crippen LogP contribution in [-0.2, 0) is 13.0 Å². The van der Waals surface area contributed by atoms with Crippen molar-refractivity contribution in [2.24, 2.45) is 0 Å². The Bertz CT molecular complexity index is 1330. The van der Waals surface area contributed by atoms with Gasteiger partial charge in [0.25, 0.3) is 0 Å². The van der Waals surface area contributed by atoms with Gasteiger partial charge in [-0.15, -0.1) is 0 Å². The molecule has 38 heavy (non-hydrogen) atoms. The third-order valence-electron chi connectivity index (χ3n) is 8.38. The highest BCUT2D eigenvalue weighted by atomic mass is 16.5.